The van der Waals surface area contributed by atoms with E-state index in [1.807, 2.05) is 24.6 Å². The quantitative estimate of drug-likeness (QED) is 0.615. The predicted molar refractivity (Wildman–Crippen MR) is 94.7 cm³/mol. The normalized spacial score (nSPS) is 19.2. The van der Waals surface area contributed by atoms with Crippen molar-refractivity contribution in [3.05, 3.63) is 41.5 Å². The van der Waals surface area contributed by atoms with Gasteiger partial charge in [0.1, 0.15) is 5.69 Å². The van der Waals surface area contributed by atoms with E-state index in [9.17, 15) is 13.2 Å². The van der Waals surface area contributed by atoms with Crippen molar-refractivity contribution >= 4 is 12.0 Å². The molecule has 2 aromatic rings. The zero-order valence-electron chi connectivity index (χ0n) is 15.1. The Morgan fingerprint density at radius 2 is 1.88 bits per heavy atom. The maximum atomic E-state index is 12.7. The van der Waals surface area contributed by atoms with E-state index in [0.717, 1.165) is 43.0 Å². The van der Waals surface area contributed by atoms with E-state index >= 15 is 0 Å². The smallest absolute Gasteiger partial charge is 0.306 e. The van der Waals surface area contributed by atoms with Crippen LogP contribution in [0.25, 0.3) is 11.3 Å². The van der Waals surface area contributed by atoms with Gasteiger partial charge in [-0.15, -0.1) is 0 Å². The molecule has 2 heterocycles. The summed E-state index contributed by atoms with van der Waals surface area (Å²) in [6.45, 7) is 4.01. The Morgan fingerprint density at radius 3 is 2.42 bits per heavy atom. The standard InChI is InChI=1S/C19H22F3N4/c1-13-10-17(26(3)12-14-8-9-25(2)11-14)23-24-18(13)15-4-6-16(7-5-15)19(20,21)22/h4-7,10,12,14H,8-9,11H2,1-3H3/q+1. The van der Waals surface area contributed by atoms with Crippen LogP contribution in [0.15, 0.2) is 30.3 Å². The van der Waals surface area contributed by atoms with Gasteiger partial charge in [0.15, 0.2) is 0 Å². The highest BCUT2D eigenvalue weighted by molar-refractivity contribution is 5.64. The van der Waals surface area contributed by atoms with Crippen molar-refractivity contribution in [3.63, 3.8) is 0 Å². The Kier molecular flexibility index (Phi) is 5.09. The molecular weight excluding hydrogens is 341 g/mol. The first kappa shape index (κ1) is 18.5. The van der Waals surface area contributed by atoms with Gasteiger partial charge in [-0.1, -0.05) is 12.1 Å². The van der Waals surface area contributed by atoms with Gasteiger partial charge in [-0.3, -0.25) is 0 Å². The van der Waals surface area contributed by atoms with Crippen LogP contribution in [0.1, 0.15) is 17.5 Å². The average Bonchev–Trinajstić information content (AvgIpc) is 2.99. The van der Waals surface area contributed by atoms with Gasteiger partial charge < -0.3 is 4.90 Å². The SMILES string of the molecule is Cc1cc([N+](C)=CC2CCN(C)C2)nnc1-c1ccc(C(F)(F)F)cc1. The van der Waals surface area contributed by atoms with Crippen molar-refractivity contribution in [1.29, 1.82) is 0 Å². The summed E-state index contributed by atoms with van der Waals surface area (Å²) < 4.78 is 40.1. The van der Waals surface area contributed by atoms with E-state index in [1.165, 1.54) is 12.1 Å². The van der Waals surface area contributed by atoms with Gasteiger partial charge in [-0.05, 0) is 49.7 Å². The molecule has 3 rings (SSSR count). The minimum Gasteiger partial charge on any atom is -0.306 e. The molecule has 0 bridgehead atoms. The molecule has 0 saturated carbocycles. The van der Waals surface area contributed by atoms with Crippen molar-refractivity contribution in [2.75, 3.05) is 27.2 Å². The molecule has 4 nitrogen and oxygen atoms in total. The van der Waals surface area contributed by atoms with Gasteiger partial charge in [-0.25, -0.2) is 4.58 Å². The number of hydrogen-bond acceptors (Lipinski definition) is 3. The molecule has 0 amide bonds. The fraction of sp³-hybridized carbons (Fsp3) is 0.421. The Labute approximate surface area is 151 Å². The molecule has 0 aliphatic carbocycles. The summed E-state index contributed by atoms with van der Waals surface area (Å²) in [4.78, 5) is 2.29. The molecule has 26 heavy (non-hydrogen) atoms. The first-order chi connectivity index (χ1) is 12.2. The second-order valence-electron chi connectivity index (χ2n) is 6.88. The zero-order chi connectivity index (χ0) is 18.9. The highest BCUT2D eigenvalue weighted by atomic mass is 19.4. The Hall–Kier alpha value is -2.28. The van der Waals surface area contributed by atoms with Gasteiger partial charge in [0.25, 0.3) is 0 Å². The van der Waals surface area contributed by atoms with E-state index in [0.29, 0.717) is 17.2 Å². The lowest BCUT2D eigenvalue weighted by atomic mass is 10.1. The van der Waals surface area contributed by atoms with Crippen molar-refractivity contribution in [1.82, 2.24) is 15.1 Å². The summed E-state index contributed by atoms with van der Waals surface area (Å²) in [7, 11) is 4.05. The topological polar surface area (TPSA) is 32.0 Å². The number of hydrogen-bond donors (Lipinski definition) is 0. The molecule has 1 atom stereocenters. The number of aromatic nitrogens is 2. The number of nitrogens with zero attached hydrogens (tertiary/aromatic N) is 4. The maximum Gasteiger partial charge on any atom is 0.416 e. The molecule has 1 aliphatic heterocycles. The van der Waals surface area contributed by atoms with Gasteiger partial charge >= 0.3 is 12.0 Å². The summed E-state index contributed by atoms with van der Waals surface area (Å²) in [5.74, 6) is 1.22. The van der Waals surface area contributed by atoms with E-state index < -0.39 is 11.7 Å². The second-order valence-corrected chi connectivity index (χ2v) is 6.88. The van der Waals surface area contributed by atoms with Crippen LogP contribution in [0.4, 0.5) is 19.0 Å². The lowest BCUT2D eigenvalue weighted by Gasteiger charge is -2.08. The van der Waals surface area contributed by atoms with Crippen LogP contribution in [0.2, 0.25) is 0 Å². The predicted octanol–water partition coefficient (Wildman–Crippen LogP) is 3.77. The summed E-state index contributed by atoms with van der Waals surface area (Å²) in [5, 5.41) is 8.50. The van der Waals surface area contributed by atoms with Gasteiger partial charge in [0.2, 0.25) is 0 Å². The van der Waals surface area contributed by atoms with Crippen LogP contribution >= 0.6 is 0 Å². The van der Waals surface area contributed by atoms with E-state index in [4.69, 9.17) is 0 Å². The molecule has 1 saturated heterocycles. The number of benzene rings is 1. The van der Waals surface area contributed by atoms with Crippen LogP contribution in [0.3, 0.4) is 0 Å². The fourth-order valence-corrected chi connectivity index (χ4v) is 3.23. The Bertz CT molecular complexity index is 813. The zero-order valence-corrected chi connectivity index (χ0v) is 15.1. The molecule has 0 spiro atoms. The first-order valence-corrected chi connectivity index (χ1v) is 8.52. The first-order valence-electron chi connectivity index (χ1n) is 8.52. The number of likely N-dealkylation sites (tertiary alicyclic amines) is 1. The molecule has 1 aliphatic rings. The van der Waals surface area contributed by atoms with Crippen LogP contribution in [-0.2, 0) is 6.18 Å². The van der Waals surface area contributed by atoms with Gasteiger partial charge in [-0.2, -0.15) is 13.2 Å². The highest BCUT2D eigenvalue weighted by Crippen LogP contribution is 2.31. The van der Waals surface area contributed by atoms with Crippen molar-refractivity contribution in [2.24, 2.45) is 5.92 Å². The minimum absolute atomic E-state index is 0.488. The third-order valence-electron chi connectivity index (χ3n) is 4.68. The van der Waals surface area contributed by atoms with Crippen LogP contribution in [0, 0.1) is 12.8 Å². The number of alkyl halides is 3. The van der Waals surface area contributed by atoms with Crippen molar-refractivity contribution < 1.29 is 17.7 Å². The van der Waals surface area contributed by atoms with Crippen LogP contribution < -0.4 is 0 Å². The lowest BCUT2D eigenvalue weighted by Crippen LogP contribution is -2.17. The fourth-order valence-electron chi connectivity index (χ4n) is 3.23. The second kappa shape index (κ2) is 7.15. The maximum absolute atomic E-state index is 12.7. The molecule has 1 fully saturated rings. The Balaban J connectivity index is 1.82. The third kappa shape index (κ3) is 4.09. The van der Waals surface area contributed by atoms with Gasteiger partial charge in [0, 0.05) is 24.1 Å². The van der Waals surface area contributed by atoms with Gasteiger partial charge in [0.05, 0.1) is 23.9 Å². The summed E-state index contributed by atoms with van der Waals surface area (Å²) >= 11 is 0. The average molecular weight is 363 g/mol. The Morgan fingerprint density at radius 1 is 1.19 bits per heavy atom. The third-order valence-corrected chi connectivity index (χ3v) is 4.68. The van der Waals surface area contributed by atoms with Crippen molar-refractivity contribution in [2.45, 2.75) is 19.5 Å². The van der Waals surface area contributed by atoms with Crippen LogP contribution in [0.5, 0.6) is 0 Å². The number of halogens is 3. The summed E-state index contributed by atoms with van der Waals surface area (Å²) in [6.07, 6.45) is -1.06. The van der Waals surface area contributed by atoms with E-state index in [-0.39, 0.29) is 0 Å². The minimum atomic E-state index is -4.34. The number of rotatable bonds is 3. The largest absolute Gasteiger partial charge is 0.416 e. The molecule has 138 valence electrons. The molecule has 1 aromatic heterocycles. The molecule has 0 N–H and O–H groups in total. The highest BCUT2D eigenvalue weighted by Gasteiger charge is 2.30. The molecule has 1 unspecified atom stereocenters. The molecule has 1 aromatic carbocycles. The monoisotopic (exact) mass is 363 g/mol. The van der Waals surface area contributed by atoms with E-state index in [1.54, 1.807) is 0 Å². The van der Waals surface area contributed by atoms with Crippen molar-refractivity contribution in [3.8, 4) is 11.3 Å². The molecular formula is C19H22F3N4+. The van der Waals surface area contributed by atoms with E-state index in [2.05, 4.69) is 28.4 Å². The van der Waals surface area contributed by atoms with Crippen LogP contribution in [-0.4, -0.2) is 53.1 Å². The molecule has 0 radical (unpaired) electrons. The lowest BCUT2D eigenvalue weighted by molar-refractivity contribution is -0.407. The molecule has 7 heteroatoms. The number of aryl methyl sites for hydroxylation is 1. The summed E-state index contributed by atoms with van der Waals surface area (Å²) in [5.41, 5.74) is 1.42. The summed E-state index contributed by atoms with van der Waals surface area (Å²) in [6, 6.07) is 6.92.